The van der Waals surface area contributed by atoms with Crippen LogP contribution in [0.1, 0.15) is 12.8 Å². The third kappa shape index (κ3) is 2.85. The SMILES string of the molecule is Cn1cc(-c2ccc3cnc(NC(=O)C4CCCO4)nc3c2)cn1. The number of aromatic nitrogens is 4. The molecule has 0 bridgehead atoms. The van der Waals surface area contributed by atoms with Gasteiger partial charge in [-0.2, -0.15) is 5.10 Å². The topological polar surface area (TPSA) is 81.9 Å². The molecule has 1 saturated heterocycles. The number of aryl methyl sites for hydroxylation is 1. The quantitative estimate of drug-likeness (QED) is 0.798. The van der Waals surface area contributed by atoms with Gasteiger partial charge in [-0.05, 0) is 24.5 Å². The fourth-order valence-corrected chi connectivity index (χ4v) is 2.81. The number of fused-ring (bicyclic) bond motifs is 1. The predicted molar refractivity (Wildman–Crippen MR) is 89.3 cm³/mol. The molecule has 1 N–H and O–H groups in total. The van der Waals surface area contributed by atoms with Crippen molar-refractivity contribution in [1.29, 1.82) is 0 Å². The minimum atomic E-state index is -0.397. The fraction of sp³-hybridized carbons (Fsp3) is 0.294. The lowest BCUT2D eigenvalue weighted by Gasteiger charge is -2.09. The van der Waals surface area contributed by atoms with E-state index in [1.807, 2.05) is 37.6 Å². The number of nitrogens with zero attached hydrogens (tertiary/aromatic N) is 4. The first kappa shape index (κ1) is 14.8. The van der Waals surface area contributed by atoms with Crippen molar-refractivity contribution in [2.75, 3.05) is 11.9 Å². The number of nitrogens with one attached hydrogen (secondary N) is 1. The zero-order valence-corrected chi connectivity index (χ0v) is 13.3. The van der Waals surface area contributed by atoms with Gasteiger partial charge in [-0.25, -0.2) is 9.97 Å². The van der Waals surface area contributed by atoms with Crippen LogP contribution in [0.25, 0.3) is 22.0 Å². The Morgan fingerprint density at radius 3 is 3.00 bits per heavy atom. The molecule has 0 saturated carbocycles. The van der Waals surface area contributed by atoms with Crippen LogP contribution in [0.4, 0.5) is 5.95 Å². The second-order valence-electron chi connectivity index (χ2n) is 5.86. The van der Waals surface area contributed by atoms with Crippen LogP contribution in [-0.2, 0) is 16.6 Å². The molecule has 2 aromatic heterocycles. The highest BCUT2D eigenvalue weighted by Gasteiger charge is 2.24. The van der Waals surface area contributed by atoms with Crippen LogP contribution >= 0.6 is 0 Å². The molecule has 1 atom stereocenters. The lowest BCUT2D eigenvalue weighted by molar-refractivity contribution is -0.124. The summed E-state index contributed by atoms with van der Waals surface area (Å²) >= 11 is 0. The van der Waals surface area contributed by atoms with Gasteiger partial charge in [-0.3, -0.25) is 14.8 Å². The average Bonchev–Trinajstić information content (AvgIpc) is 3.25. The van der Waals surface area contributed by atoms with E-state index in [1.165, 1.54) is 0 Å². The summed E-state index contributed by atoms with van der Waals surface area (Å²) in [6.07, 6.45) is 6.72. The number of ether oxygens (including phenoxy) is 1. The minimum absolute atomic E-state index is 0.185. The van der Waals surface area contributed by atoms with Gasteiger partial charge in [0.05, 0.1) is 11.7 Å². The molecule has 1 aliphatic heterocycles. The van der Waals surface area contributed by atoms with E-state index in [0.29, 0.717) is 12.6 Å². The van der Waals surface area contributed by atoms with Gasteiger partial charge in [0.1, 0.15) is 6.10 Å². The van der Waals surface area contributed by atoms with Crippen LogP contribution in [0.15, 0.2) is 36.8 Å². The van der Waals surface area contributed by atoms with Gasteiger partial charge in [0.2, 0.25) is 5.95 Å². The lowest BCUT2D eigenvalue weighted by Crippen LogP contribution is -2.27. The maximum atomic E-state index is 12.1. The Bertz CT molecular complexity index is 899. The monoisotopic (exact) mass is 323 g/mol. The molecule has 122 valence electrons. The molecular formula is C17H17N5O2. The molecule has 1 aliphatic rings. The molecule has 0 radical (unpaired) electrons. The highest BCUT2D eigenvalue weighted by atomic mass is 16.5. The van der Waals surface area contributed by atoms with Crippen molar-refractivity contribution in [3.05, 3.63) is 36.8 Å². The number of amides is 1. The number of anilines is 1. The van der Waals surface area contributed by atoms with Crippen molar-refractivity contribution >= 4 is 22.8 Å². The molecule has 3 aromatic rings. The summed E-state index contributed by atoms with van der Waals surface area (Å²) in [4.78, 5) is 20.8. The smallest absolute Gasteiger partial charge is 0.255 e. The van der Waals surface area contributed by atoms with Gasteiger partial charge in [0, 0.05) is 37.0 Å². The lowest BCUT2D eigenvalue weighted by atomic mass is 10.1. The molecule has 4 rings (SSSR count). The summed E-state index contributed by atoms with van der Waals surface area (Å²) in [5.41, 5.74) is 2.81. The average molecular weight is 323 g/mol. The number of benzene rings is 1. The number of hydrogen-bond donors (Lipinski definition) is 1. The van der Waals surface area contributed by atoms with E-state index >= 15 is 0 Å². The summed E-state index contributed by atoms with van der Waals surface area (Å²) in [5, 5.41) is 7.84. The zero-order valence-electron chi connectivity index (χ0n) is 13.3. The van der Waals surface area contributed by atoms with Crippen LogP contribution < -0.4 is 5.32 Å². The van der Waals surface area contributed by atoms with E-state index in [2.05, 4.69) is 20.4 Å². The Morgan fingerprint density at radius 1 is 1.33 bits per heavy atom. The molecule has 1 aromatic carbocycles. The van der Waals surface area contributed by atoms with Crippen LogP contribution in [-0.4, -0.2) is 38.4 Å². The molecule has 0 aliphatic carbocycles. The Kier molecular flexibility index (Phi) is 3.70. The normalized spacial score (nSPS) is 17.3. The standard InChI is InChI=1S/C17H17N5O2/c1-22-10-13(9-19-22)11-4-5-12-8-18-17(20-14(12)7-11)21-16(23)15-3-2-6-24-15/h4-5,7-10,15H,2-3,6H2,1H3,(H,18,20,21,23). The summed E-state index contributed by atoms with van der Waals surface area (Å²) < 4.78 is 7.13. The van der Waals surface area contributed by atoms with Gasteiger partial charge in [-0.15, -0.1) is 0 Å². The third-order valence-corrected chi connectivity index (χ3v) is 4.08. The first-order valence-corrected chi connectivity index (χ1v) is 7.87. The van der Waals surface area contributed by atoms with E-state index in [9.17, 15) is 4.79 Å². The van der Waals surface area contributed by atoms with Crippen LogP contribution in [0.3, 0.4) is 0 Å². The molecule has 7 nitrogen and oxygen atoms in total. The highest BCUT2D eigenvalue weighted by Crippen LogP contribution is 2.23. The highest BCUT2D eigenvalue weighted by molar-refractivity contribution is 5.94. The van der Waals surface area contributed by atoms with Gasteiger partial charge in [-0.1, -0.05) is 12.1 Å². The zero-order chi connectivity index (χ0) is 16.5. The van der Waals surface area contributed by atoms with E-state index < -0.39 is 6.10 Å². The molecule has 7 heteroatoms. The Hall–Kier alpha value is -2.80. The molecule has 1 fully saturated rings. The van der Waals surface area contributed by atoms with Crippen molar-refractivity contribution in [3.8, 4) is 11.1 Å². The van der Waals surface area contributed by atoms with E-state index in [1.54, 1.807) is 10.9 Å². The molecule has 1 amide bonds. The van der Waals surface area contributed by atoms with E-state index in [4.69, 9.17) is 4.74 Å². The Morgan fingerprint density at radius 2 is 2.25 bits per heavy atom. The molecule has 1 unspecified atom stereocenters. The van der Waals surface area contributed by atoms with Crippen molar-refractivity contribution in [3.63, 3.8) is 0 Å². The molecule has 3 heterocycles. The largest absolute Gasteiger partial charge is 0.368 e. The van der Waals surface area contributed by atoms with Gasteiger partial charge in [0.15, 0.2) is 0 Å². The minimum Gasteiger partial charge on any atom is -0.368 e. The van der Waals surface area contributed by atoms with Crippen molar-refractivity contribution in [2.45, 2.75) is 18.9 Å². The third-order valence-electron chi connectivity index (χ3n) is 4.08. The second-order valence-corrected chi connectivity index (χ2v) is 5.86. The van der Waals surface area contributed by atoms with Crippen LogP contribution in [0.5, 0.6) is 0 Å². The van der Waals surface area contributed by atoms with Crippen LogP contribution in [0, 0.1) is 0 Å². The summed E-state index contributed by atoms with van der Waals surface area (Å²) in [7, 11) is 1.88. The van der Waals surface area contributed by atoms with Gasteiger partial charge in [0.25, 0.3) is 5.91 Å². The summed E-state index contributed by atoms with van der Waals surface area (Å²) in [6, 6.07) is 5.94. The number of carbonyl (C=O) groups is 1. The fourth-order valence-electron chi connectivity index (χ4n) is 2.81. The predicted octanol–water partition coefficient (Wildman–Crippen LogP) is 2.15. The van der Waals surface area contributed by atoms with E-state index in [0.717, 1.165) is 34.9 Å². The van der Waals surface area contributed by atoms with Crippen molar-refractivity contribution < 1.29 is 9.53 Å². The number of rotatable bonds is 3. The Labute approximate surface area is 138 Å². The molecule has 24 heavy (non-hydrogen) atoms. The first-order chi connectivity index (χ1) is 11.7. The van der Waals surface area contributed by atoms with Crippen LogP contribution in [0.2, 0.25) is 0 Å². The van der Waals surface area contributed by atoms with Gasteiger partial charge < -0.3 is 4.74 Å². The molecular weight excluding hydrogens is 306 g/mol. The summed E-state index contributed by atoms with van der Waals surface area (Å²) in [6.45, 7) is 0.630. The first-order valence-electron chi connectivity index (χ1n) is 7.87. The van der Waals surface area contributed by atoms with Gasteiger partial charge >= 0.3 is 0 Å². The van der Waals surface area contributed by atoms with Crippen molar-refractivity contribution in [2.24, 2.45) is 7.05 Å². The number of carbonyl (C=O) groups excluding carboxylic acids is 1. The van der Waals surface area contributed by atoms with Crippen molar-refractivity contribution in [1.82, 2.24) is 19.7 Å². The second kappa shape index (κ2) is 6.01. The number of hydrogen-bond acceptors (Lipinski definition) is 5. The maximum absolute atomic E-state index is 12.1. The summed E-state index contributed by atoms with van der Waals surface area (Å²) in [5.74, 6) is 0.113. The maximum Gasteiger partial charge on any atom is 0.255 e. The Balaban J connectivity index is 1.62. The molecule has 0 spiro atoms. The van der Waals surface area contributed by atoms with E-state index in [-0.39, 0.29) is 5.91 Å².